The molecule has 1 aromatic carbocycles. The fourth-order valence-corrected chi connectivity index (χ4v) is 3.01. The Labute approximate surface area is 158 Å². The van der Waals surface area contributed by atoms with Gasteiger partial charge in [0.15, 0.2) is 0 Å². The van der Waals surface area contributed by atoms with Crippen LogP contribution in [-0.4, -0.2) is 62.0 Å². The van der Waals surface area contributed by atoms with Gasteiger partial charge in [-0.25, -0.2) is 4.98 Å². The topological polar surface area (TPSA) is 74.8 Å². The van der Waals surface area contributed by atoms with E-state index in [1.807, 2.05) is 30.3 Å². The largest absolute Gasteiger partial charge is 0.497 e. The first-order valence-electron chi connectivity index (χ1n) is 9.01. The summed E-state index contributed by atoms with van der Waals surface area (Å²) in [6.07, 6.45) is 3.21. The molecule has 1 aliphatic rings. The van der Waals surface area contributed by atoms with Crippen LogP contribution in [0.15, 0.2) is 42.6 Å². The third-order valence-corrected chi connectivity index (χ3v) is 4.63. The van der Waals surface area contributed by atoms with Crippen LogP contribution in [0.1, 0.15) is 15.9 Å². The predicted molar refractivity (Wildman–Crippen MR) is 103 cm³/mol. The summed E-state index contributed by atoms with van der Waals surface area (Å²) < 4.78 is 5.21. The number of benzene rings is 1. The summed E-state index contributed by atoms with van der Waals surface area (Å²) in [5, 5.41) is 2.92. The zero-order valence-electron chi connectivity index (χ0n) is 15.4. The second-order valence-electron chi connectivity index (χ2n) is 6.39. The SMILES string of the molecule is COc1cccc(CCNC(=O)c2ccc(N3CCN(C=O)CC3)nc2)c1. The van der Waals surface area contributed by atoms with Gasteiger partial charge in [-0.05, 0) is 36.2 Å². The van der Waals surface area contributed by atoms with Crippen LogP contribution in [0, 0.1) is 0 Å². The van der Waals surface area contributed by atoms with Crippen LogP contribution in [0.4, 0.5) is 5.82 Å². The van der Waals surface area contributed by atoms with Gasteiger partial charge in [0.1, 0.15) is 11.6 Å². The van der Waals surface area contributed by atoms with E-state index in [2.05, 4.69) is 15.2 Å². The average Bonchev–Trinajstić information content (AvgIpc) is 2.74. The number of carbonyl (C=O) groups excluding carboxylic acids is 2. The zero-order chi connectivity index (χ0) is 19.1. The van der Waals surface area contributed by atoms with Crippen molar-refractivity contribution < 1.29 is 14.3 Å². The molecule has 0 atom stereocenters. The lowest BCUT2D eigenvalue weighted by Crippen LogP contribution is -2.46. The molecule has 0 aliphatic carbocycles. The molecule has 1 aromatic heterocycles. The molecule has 0 unspecified atom stereocenters. The van der Waals surface area contributed by atoms with Crippen LogP contribution in [-0.2, 0) is 11.2 Å². The van der Waals surface area contributed by atoms with E-state index in [4.69, 9.17) is 4.74 Å². The molecule has 0 spiro atoms. The molecule has 1 saturated heterocycles. The zero-order valence-corrected chi connectivity index (χ0v) is 15.4. The van der Waals surface area contributed by atoms with Gasteiger partial charge in [0.25, 0.3) is 5.91 Å². The molecule has 1 N–H and O–H groups in total. The lowest BCUT2D eigenvalue weighted by atomic mass is 10.1. The van der Waals surface area contributed by atoms with Crippen molar-refractivity contribution in [2.24, 2.45) is 0 Å². The molecule has 0 saturated carbocycles. The van der Waals surface area contributed by atoms with Crippen LogP contribution in [0.3, 0.4) is 0 Å². The highest BCUT2D eigenvalue weighted by atomic mass is 16.5. The monoisotopic (exact) mass is 368 g/mol. The van der Waals surface area contributed by atoms with Gasteiger partial charge in [0.05, 0.1) is 12.7 Å². The van der Waals surface area contributed by atoms with E-state index < -0.39 is 0 Å². The summed E-state index contributed by atoms with van der Waals surface area (Å²) in [5.41, 5.74) is 1.65. The molecule has 142 valence electrons. The normalized spacial score (nSPS) is 14.0. The minimum atomic E-state index is -0.136. The highest BCUT2D eigenvalue weighted by Crippen LogP contribution is 2.14. The number of hydrogen-bond acceptors (Lipinski definition) is 5. The maximum atomic E-state index is 12.3. The van der Waals surface area contributed by atoms with Gasteiger partial charge < -0.3 is 19.9 Å². The fraction of sp³-hybridized carbons (Fsp3) is 0.350. The molecule has 1 aliphatic heterocycles. The van der Waals surface area contributed by atoms with Crippen LogP contribution >= 0.6 is 0 Å². The number of nitrogens with zero attached hydrogens (tertiary/aromatic N) is 3. The van der Waals surface area contributed by atoms with E-state index >= 15 is 0 Å². The Kier molecular flexibility index (Phi) is 6.25. The second-order valence-corrected chi connectivity index (χ2v) is 6.39. The average molecular weight is 368 g/mol. The maximum Gasteiger partial charge on any atom is 0.252 e. The molecular weight excluding hydrogens is 344 g/mol. The van der Waals surface area contributed by atoms with E-state index in [-0.39, 0.29) is 5.91 Å². The highest BCUT2D eigenvalue weighted by molar-refractivity contribution is 5.94. The van der Waals surface area contributed by atoms with Gasteiger partial charge >= 0.3 is 0 Å². The lowest BCUT2D eigenvalue weighted by molar-refractivity contribution is -0.118. The van der Waals surface area contributed by atoms with Crippen molar-refractivity contribution in [1.82, 2.24) is 15.2 Å². The van der Waals surface area contributed by atoms with Gasteiger partial charge in [0.2, 0.25) is 6.41 Å². The number of anilines is 1. The Hall–Kier alpha value is -3.09. The number of amides is 2. The Balaban J connectivity index is 1.49. The molecule has 3 rings (SSSR count). The molecule has 2 amide bonds. The molecule has 7 heteroatoms. The number of piperazine rings is 1. The molecule has 0 radical (unpaired) electrons. The van der Waals surface area contributed by atoms with Gasteiger partial charge in [-0.3, -0.25) is 9.59 Å². The minimum absolute atomic E-state index is 0.136. The van der Waals surface area contributed by atoms with Crippen molar-refractivity contribution in [1.29, 1.82) is 0 Å². The van der Waals surface area contributed by atoms with E-state index in [1.54, 1.807) is 24.3 Å². The van der Waals surface area contributed by atoms with Crippen molar-refractivity contribution in [3.8, 4) is 5.75 Å². The van der Waals surface area contributed by atoms with Crippen molar-refractivity contribution in [2.45, 2.75) is 6.42 Å². The van der Waals surface area contributed by atoms with Gasteiger partial charge in [-0.1, -0.05) is 12.1 Å². The standard InChI is InChI=1S/C20H24N4O3/c1-27-18-4-2-3-16(13-18)7-8-21-20(26)17-5-6-19(22-14-17)24-11-9-23(15-25)10-12-24/h2-6,13-15H,7-12H2,1H3,(H,21,26). The highest BCUT2D eigenvalue weighted by Gasteiger charge is 2.17. The minimum Gasteiger partial charge on any atom is -0.497 e. The van der Waals surface area contributed by atoms with Crippen LogP contribution in [0.2, 0.25) is 0 Å². The molecule has 1 fully saturated rings. The molecule has 2 aromatic rings. The molecule has 0 bridgehead atoms. The smallest absolute Gasteiger partial charge is 0.252 e. The number of hydrogen-bond donors (Lipinski definition) is 1. The molecule has 2 heterocycles. The van der Waals surface area contributed by atoms with Crippen LogP contribution in [0.25, 0.3) is 0 Å². The van der Waals surface area contributed by atoms with E-state index in [9.17, 15) is 9.59 Å². The maximum absolute atomic E-state index is 12.3. The van der Waals surface area contributed by atoms with Crippen molar-refractivity contribution in [3.63, 3.8) is 0 Å². The van der Waals surface area contributed by atoms with Crippen molar-refractivity contribution in [3.05, 3.63) is 53.7 Å². The van der Waals surface area contributed by atoms with Crippen LogP contribution < -0.4 is 15.0 Å². The predicted octanol–water partition coefficient (Wildman–Crippen LogP) is 1.34. The number of rotatable bonds is 7. The third kappa shape index (κ3) is 4.97. The number of methoxy groups -OCH3 is 1. The summed E-state index contributed by atoms with van der Waals surface area (Å²) in [7, 11) is 1.64. The summed E-state index contributed by atoms with van der Waals surface area (Å²) in [6, 6.07) is 11.5. The summed E-state index contributed by atoms with van der Waals surface area (Å²) >= 11 is 0. The summed E-state index contributed by atoms with van der Waals surface area (Å²) in [5.74, 6) is 1.50. The Bertz CT molecular complexity index is 771. The van der Waals surface area contributed by atoms with Crippen molar-refractivity contribution >= 4 is 18.1 Å². The number of pyridine rings is 1. The summed E-state index contributed by atoms with van der Waals surface area (Å²) in [4.78, 5) is 31.3. The van der Waals surface area contributed by atoms with E-state index in [0.29, 0.717) is 25.2 Å². The van der Waals surface area contributed by atoms with Gasteiger partial charge in [-0.2, -0.15) is 0 Å². The third-order valence-electron chi connectivity index (χ3n) is 4.63. The first kappa shape index (κ1) is 18.7. The van der Waals surface area contributed by atoms with Crippen LogP contribution in [0.5, 0.6) is 5.75 Å². The fourth-order valence-electron chi connectivity index (χ4n) is 3.01. The Morgan fingerprint density at radius 3 is 2.70 bits per heavy atom. The number of nitrogens with one attached hydrogen (secondary N) is 1. The van der Waals surface area contributed by atoms with Crippen molar-refractivity contribution in [2.75, 3.05) is 44.7 Å². The van der Waals surface area contributed by atoms with Gasteiger partial charge in [0, 0.05) is 38.9 Å². The Morgan fingerprint density at radius 2 is 2.04 bits per heavy atom. The number of carbonyl (C=O) groups is 2. The quantitative estimate of drug-likeness (QED) is 0.747. The first-order chi connectivity index (χ1) is 13.2. The first-order valence-corrected chi connectivity index (χ1v) is 9.01. The summed E-state index contributed by atoms with van der Waals surface area (Å²) in [6.45, 7) is 3.42. The Morgan fingerprint density at radius 1 is 1.22 bits per heavy atom. The molecule has 27 heavy (non-hydrogen) atoms. The van der Waals surface area contributed by atoms with Gasteiger partial charge in [-0.15, -0.1) is 0 Å². The van der Waals surface area contributed by atoms with E-state index in [0.717, 1.165) is 43.1 Å². The molecular formula is C20H24N4O3. The van der Waals surface area contributed by atoms with E-state index in [1.165, 1.54) is 0 Å². The number of ether oxygens (including phenoxy) is 1. The number of aromatic nitrogens is 1. The second kappa shape index (κ2) is 9.02. The lowest BCUT2D eigenvalue weighted by Gasteiger charge is -2.33. The molecule has 7 nitrogen and oxygen atoms in total.